The monoisotopic (exact) mass is 269 g/mol. The van der Waals surface area contributed by atoms with Gasteiger partial charge in [0.05, 0.1) is 5.41 Å². The number of rotatable bonds is 1. The molecule has 0 saturated carbocycles. The molecule has 1 N–H and O–H groups in total. The van der Waals surface area contributed by atoms with Crippen molar-refractivity contribution in [2.75, 3.05) is 0 Å². The molecule has 84 valence electrons. The fraction of sp³-hybridized carbons (Fsp3) is 0.308. The van der Waals surface area contributed by atoms with Crippen molar-refractivity contribution in [3.8, 4) is 0 Å². The fourth-order valence-corrected chi connectivity index (χ4v) is 0.556. The summed E-state index contributed by atoms with van der Waals surface area (Å²) in [5.41, 5.74) is 0.465. The number of hydrogen-bond donors (Lipinski definition) is 1. The molecule has 0 aromatic heterocycles. The van der Waals surface area contributed by atoms with Gasteiger partial charge in [-0.1, -0.05) is 6.07 Å². The molecule has 0 bridgehead atoms. The Morgan fingerprint density at radius 1 is 1.25 bits per heavy atom. The van der Waals surface area contributed by atoms with E-state index in [1.807, 2.05) is 30.3 Å². The Hall–Kier alpha value is -0.947. The predicted octanol–water partition coefficient (Wildman–Crippen LogP) is 3.14. The van der Waals surface area contributed by atoms with Crippen LogP contribution in [-0.2, 0) is 24.3 Å². The van der Waals surface area contributed by atoms with Crippen LogP contribution in [0.15, 0.2) is 36.9 Å². The summed E-state index contributed by atoms with van der Waals surface area (Å²) in [6.07, 6.45) is 2.78. The van der Waals surface area contributed by atoms with E-state index in [2.05, 4.69) is 12.7 Å². The molecule has 0 atom stereocenters. The molecule has 0 saturated heterocycles. The number of aliphatic carboxylic acids is 1. The molecule has 1 rings (SSSR count). The molecule has 0 aliphatic rings. The predicted molar refractivity (Wildman–Crippen MR) is 61.5 cm³/mol. The summed E-state index contributed by atoms with van der Waals surface area (Å²) in [5, 5.41) is 8.25. The number of carboxylic acid groups (broad SMARTS) is 1. The van der Waals surface area contributed by atoms with Gasteiger partial charge in [-0.15, -0.1) is 12.1 Å². The van der Waals surface area contributed by atoms with Crippen molar-refractivity contribution in [2.45, 2.75) is 20.8 Å². The molecule has 16 heavy (non-hydrogen) atoms. The van der Waals surface area contributed by atoms with Crippen LogP contribution in [0.5, 0.6) is 0 Å². The molecule has 0 fully saturated rings. The zero-order valence-electron chi connectivity index (χ0n) is 10.2. The maximum absolute atomic E-state index is 10.0. The van der Waals surface area contributed by atoms with Crippen molar-refractivity contribution in [2.24, 2.45) is 5.41 Å². The maximum atomic E-state index is 10.0. The van der Waals surface area contributed by atoms with E-state index in [0.29, 0.717) is 0 Å². The molecule has 0 unspecified atom stereocenters. The van der Waals surface area contributed by atoms with Crippen LogP contribution in [0.1, 0.15) is 26.3 Å². The van der Waals surface area contributed by atoms with Gasteiger partial charge in [0.1, 0.15) is 0 Å². The van der Waals surface area contributed by atoms with E-state index in [-0.39, 0.29) is 19.5 Å². The molecule has 0 heterocycles. The van der Waals surface area contributed by atoms with Crippen LogP contribution in [0.25, 0.3) is 0 Å². The van der Waals surface area contributed by atoms with E-state index in [4.69, 9.17) is 5.11 Å². The van der Waals surface area contributed by atoms with Gasteiger partial charge in [-0.05, 0) is 20.8 Å². The average molecular weight is 271 g/mol. The Kier molecular flexibility index (Phi) is 8.98. The summed E-state index contributed by atoms with van der Waals surface area (Å²) in [6, 6.07) is 9.84. The van der Waals surface area contributed by atoms with E-state index in [9.17, 15) is 4.79 Å². The van der Waals surface area contributed by atoms with Crippen LogP contribution in [0.4, 0.5) is 0 Å². The van der Waals surface area contributed by atoms with E-state index in [1.54, 1.807) is 20.8 Å². The second-order valence-electron chi connectivity index (χ2n) is 4.10. The third-order valence-electron chi connectivity index (χ3n) is 1.62. The Morgan fingerprint density at radius 3 is 1.81 bits per heavy atom. The number of hydrogen-bond acceptors (Lipinski definition) is 1. The molecule has 3 heteroatoms. The summed E-state index contributed by atoms with van der Waals surface area (Å²) in [4.78, 5) is 10.0. The van der Waals surface area contributed by atoms with Gasteiger partial charge in [-0.25, -0.2) is 0 Å². The normalized spacial score (nSPS) is 9.19. The minimum absolute atomic E-state index is 0. The molecule has 2 nitrogen and oxygen atoms in total. The Bertz CT molecular complexity index is 312. The second kappa shape index (κ2) is 8.23. The van der Waals surface area contributed by atoms with E-state index in [0.717, 1.165) is 5.56 Å². The standard InChI is InChI=1S/C8H7.C5H10O2.Zn/c1-2-8-6-4-3-5-7-8;1-5(2,3)4(6)7;/h3-7H,1H2;1-3H3,(H,6,7);/q-1;;. The molecule has 0 radical (unpaired) electrons. The van der Waals surface area contributed by atoms with Crippen molar-refractivity contribution in [1.29, 1.82) is 0 Å². The van der Waals surface area contributed by atoms with Crippen molar-refractivity contribution >= 4 is 5.97 Å². The van der Waals surface area contributed by atoms with Crippen molar-refractivity contribution in [3.05, 3.63) is 48.6 Å². The third kappa shape index (κ3) is 8.37. The van der Waals surface area contributed by atoms with Gasteiger partial charge >= 0.3 is 5.97 Å². The molecule has 0 aliphatic carbocycles. The molecule has 1 aromatic rings. The zero-order chi connectivity index (χ0) is 11.9. The van der Waals surface area contributed by atoms with Crippen molar-refractivity contribution < 1.29 is 29.4 Å². The Balaban J connectivity index is 0. The average Bonchev–Trinajstić information content (AvgIpc) is 2.18. The molecule has 0 aliphatic heterocycles. The minimum atomic E-state index is -0.757. The van der Waals surface area contributed by atoms with Crippen LogP contribution < -0.4 is 0 Å². The van der Waals surface area contributed by atoms with Crippen molar-refractivity contribution in [1.82, 2.24) is 0 Å². The largest absolute Gasteiger partial charge is 0.481 e. The quantitative estimate of drug-likeness (QED) is 0.629. The van der Waals surface area contributed by atoms with Crippen molar-refractivity contribution in [3.63, 3.8) is 0 Å². The summed E-state index contributed by atoms with van der Waals surface area (Å²) >= 11 is 0. The summed E-state index contributed by atoms with van der Waals surface area (Å²) < 4.78 is 0. The first-order valence-corrected chi connectivity index (χ1v) is 4.69. The summed E-state index contributed by atoms with van der Waals surface area (Å²) in [6.45, 7) is 8.49. The molecule has 0 spiro atoms. The van der Waals surface area contributed by atoms with Crippen LogP contribution in [0.2, 0.25) is 0 Å². The smallest absolute Gasteiger partial charge is 0.308 e. The summed E-state index contributed by atoms with van der Waals surface area (Å²) in [5.74, 6) is -0.757. The van der Waals surface area contributed by atoms with Crippen LogP contribution in [0.3, 0.4) is 0 Å². The van der Waals surface area contributed by atoms with Gasteiger partial charge in [0.25, 0.3) is 0 Å². The minimum Gasteiger partial charge on any atom is -0.481 e. The first-order chi connectivity index (χ1) is 6.88. The van der Waals surface area contributed by atoms with Gasteiger partial charge in [0, 0.05) is 19.5 Å². The van der Waals surface area contributed by atoms with Gasteiger partial charge in [-0.2, -0.15) is 30.4 Å². The first-order valence-electron chi connectivity index (χ1n) is 4.69. The van der Waals surface area contributed by atoms with E-state index >= 15 is 0 Å². The van der Waals surface area contributed by atoms with E-state index in [1.165, 1.54) is 0 Å². The molecule has 1 aromatic carbocycles. The Labute approximate surface area is 110 Å². The maximum Gasteiger partial charge on any atom is 0.308 e. The van der Waals surface area contributed by atoms with E-state index < -0.39 is 11.4 Å². The van der Waals surface area contributed by atoms with Crippen LogP contribution in [-0.4, -0.2) is 11.1 Å². The van der Waals surface area contributed by atoms with Crippen LogP contribution in [0, 0.1) is 11.5 Å². The number of carboxylic acids is 1. The number of benzene rings is 1. The fourth-order valence-electron chi connectivity index (χ4n) is 0.556. The second-order valence-corrected chi connectivity index (χ2v) is 4.10. The van der Waals surface area contributed by atoms with Gasteiger partial charge in [0.2, 0.25) is 0 Å². The topological polar surface area (TPSA) is 37.3 Å². The van der Waals surface area contributed by atoms with Gasteiger partial charge in [0.15, 0.2) is 0 Å². The third-order valence-corrected chi connectivity index (χ3v) is 1.62. The molecule has 0 amide bonds. The molecular formula is C13H17O2Zn-. The molecular weight excluding hydrogens is 254 g/mol. The zero-order valence-corrected chi connectivity index (χ0v) is 13.1. The SMILES string of the molecule is C=[C-]c1ccccc1.CC(C)(C)C(=O)O.[Zn]. The summed E-state index contributed by atoms with van der Waals surface area (Å²) in [7, 11) is 0. The Morgan fingerprint density at radius 2 is 1.62 bits per heavy atom. The first kappa shape index (κ1) is 17.4. The van der Waals surface area contributed by atoms with Gasteiger partial charge in [-0.3, -0.25) is 4.79 Å². The van der Waals surface area contributed by atoms with Crippen LogP contribution >= 0.6 is 0 Å². The van der Waals surface area contributed by atoms with Gasteiger partial charge < -0.3 is 5.11 Å². The number of carbonyl (C=O) groups is 1.